The molecule has 1 N–H and O–H groups in total. The van der Waals surface area contributed by atoms with Crippen LogP contribution in [0.1, 0.15) is 12.8 Å². The molecule has 0 bridgehead atoms. The van der Waals surface area contributed by atoms with Crippen molar-refractivity contribution >= 4 is 11.8 Å². The first-order valence-electron chi connectivity index (χ1n) is 6.23. The SMILES string of the molecule is COC1CCN(C(=O)Nc2ccc(=O)n(C)n2)CC1. The van der Waals surface area contributed by atoms with E-state index in [1.807, 2.05) is 0 Å². The molecule has 7 heteroatoms. The van der Waals surface area contributed by atoms with Gasteiger partial charge in [0.05, 0.1) is 6.10 Å². The minimum absolute atomic E-state index is 0.194. The van der Waals surface area contributed by atoms with E-state index in [-0.39, 0.29) is 17.7 Å². The van der Waals surface area contributed by atoms with Crippen molar-refractivity contribution in [2.45, 2.75) is 18.9 Å². The number of anilines is 1. The summed E-state index contributed by atoms with van der Waals surface area (Å²) >= 11 is 0. The van der Waals surface area contributed by atoms with Crippen LogP contribution in [0.25, 0.3) is 0 Å². The number of carbonyl (C=O) groups excluding carboxylic acids is 1. The number of carbonyl (C=O) groups is 1. The summed E-state index contributed by atoms with van der Waals surface area (Å²) in [6.07, 6.45) is 1.91. The minimum Gasteiger partial charge on any atom is -0.381 e. The summed E-state index contributed by atoms with van der Waals surface area (Å²) in [6.45, 7) is 1.33. The molecule has 0 aliphatic carbocycles. The second-order valence-corrected chi connectivity index (χ2v) is 4.53. The van der Waals surface area contributed by atoms with Crippen molar-refractivity contribution in [1.29, 1.82) is 0 Å². The number of amides is 2. The van der Waals surface area contributed by atoms with Gasteiger partial charge in [-0.05, 0) is 18.9 Å². The molecule has 1 aliphatic rings. The van der Waals surface area contributed by atoms with Crippen LogP contribution in [0.4, 0.5) is 10.6 Å². The Labute approximate surface area is 111 Å². The molecule has 104 valence electrons. The van der Waals surface area contributed by atoms with Crippen LogP contribution in [0.15, 0.2) is 16.9 Å². The molecule has 2 heterocycles. The number of nitrogens with one attached hydrogen (secondary N) is 1. The van der Waals surface area contributed by atoms with Crippen LogP contribution < -0.4 is 10.9 Å². The predicted molar refractivity (Wildman–Crippen MR) is 70.1 cm³/mol. The van der Waals surface area contributed by atoms with Gasteiger partial charge in [-0.15, -0.1) is 0 Å². The number of nitrogens with zero attached hydrogens (tertiary/aromatic N) is 3. The molecule has 0 saturated carbocycles. The molecule has 1 aliphatic heterocycles. The molecule has 0 unspecified atom stereocenters. The van der Waals surface area contributed by atoms with Crippen molar-refractivity contribution in [3.05, 3.63) is 22.5 Å². The number of rotatable bonds is 2. The predicted octanol–water partition coefficient (Wildman–Crippen LogP) is 0.423. The number of likely N-dealkylation sites (tertiary alicyclic amines) is 1. The second-order valence-electron chi connectivity index (χ2n) is 4.53. The number of hydrogen-bond acceptors (Lipinski definition) is 4. The summed E-state index contributed by atoms with van der Waals surface area (Å²) < 4.78 is 6.44. The molecule has 2 rings (SSSR count). The fourth-order valence-electron chi connectivity index (χ4n) is 2.05. The third-order valence-corrected chi connectivity index (χ3v) is 3.26. The van der Waals surface area contributed by atoms with Gasteiger partial charge in [-0.1, -0.05) is 0 Å². The van der Waals surface area contributed by atoms with Gasteiger partial charge >= 0.3 is 6.03 Å². The van der Waals surface area contributed by atoms with E-state index in [2.05, 4.69) is 10.4 Å². The topological polar surface area (TPSA) is 76.5 Å². The van der Waals surface area contributed by atoms with E-state index >= 15 is 0 Å². The Hall–Kier alpha value is -1.89. The van der Waals surface area contributed by atoms with E-state index in [9.17, 15) is 9.59 Å². The molecule has 7 nitrogen and oxygen atoms in total. The van der Waals surface area contributed by atoms with Crippen molar-refractivity contribution < 1.29 is 9.53 Å². The second kappa shape index (κ2) is 5.83. The number of methoxy groups -OCH3 is 1. The Bertz CT molecular complexity index is 506. The number of aromatic nitrogens is 2. The standard InChI is InChI=1S/C12H18N4O3/c1-15-11(17)4-3-10(14-15)13-12(18)16-7-5-9(19-2)6-8-16/h3-4,9H,5-8H2,1-2H3,(H,13,14,18). The molecule has 1 saturated heterocycles. The molecule has 1 fully saturated rings. The van der Waals surface area contributed by atoms with Crippen molar-refractivity contribution in [3.63, 3.8) is 0 Å². The van der Waals surface area contributed by atoms with Gasteiger partial charge in [0.25, 0.3) is 5.56 Å². The monoisotopic (exact) mass is 266 g/mol. The average Bonchev–Trinajstić information content (AvgIpc) is 2.43. The van der Waals surface area contributed by atoms with E-state index in [0.29, 0.717) is 18.9 Å². The van der Waals surface area contributed by atoms with E-state index in [1.165, 1.54) is 16.8 Å². The quantitative estimate of drug-likeness (QED) is 0.841. The lowest BCUT2D eigenvalue weighted by Gasteiger charge is -2.31. The van der Waals surface area contributed by atoms with E-state index in [0.717, 1.165) is 12.8 Å². The molecule has 1 aromatic rings. The van der Waals surface area contributed by atoms with Gasteiger partial charge in [0.1, 0.15) is 0 Å². The molecular formula is C12H18N4O3. The normalized spacial score (nSPS) is 16.4. The zero-order valence-corrected chi connectivity index (χ0v) is 11.1. The highest BCUT2D eigenvalue weighted by atomic mass is 16.5. The molecular weight excluding hydrogens is 248 g/mol. The summed E-state index contributed by atoms with van der Waals surface area (Å²) in [5, 5.41) is 6.65. The number of hydrogen-bond donors (Lipinski definition) is 1. The van der Waals surface area contributed by atoms with E-state index < -0.39 is 0 Å². The molecule has 0 spiro atoms. The van der Waals surface area contributed by atoms with Gasteiger partial charge in [0.2, 0.25) is 0 Å². The molecule has 2 amide bonds. The van der Waals surface area contributed by atoms with Gasteiger partial charge in [-0.25, -0.2) is 9.48 Å². The number of aryl methyl sites for hydroxylation is 1. The van der Waals surface area contributed by atoms with Gasteiger partial charge in [0, 0.05) is 33.3 Å². The summed E-state index contributed by atoms with van der Waals surface area (Å²) in [5.74, 6) is 0.376. The zero-order chi connectivity index (χ0) is 13.8. The van der Waals surface area contributed by atoms with Crippen molar-refractivity contribution in [1.82, 2.24) is 14.7 Å². The first-order chi connectivity index (χ1) is 9.10. The van der Waals surface area contributed by atoms with Crippen LogP contribution >= 0.6 is 0 Å². The van der Waals surface area contributed by atoms with E-state index in [4.69, 9.17) is 4.74 Å². The maximum absolute atomic E-state index is 12.0. The Morgan fingerprint density at radius 1 is 1.42 bits per heavy atom. The number of urea groups is 1. The lowest BCUT2D eigenvalue weighted by molar-refractivity contribution is 0.0521. The Morgan fingerprint density at radius 3 is 2.68 bits per heavy atom. The Balaban J connectivity index is 1.94. The highest BCUT2D eigenvalue weighted by Crippen LogP contribution is 2.13. The fraction of sp³-hybridized carbons (Fsp3) is 0.583. The van der Waals surface area contributed by atoms with Crippen LogP contribution in [0.3, 0.4) is 0 Å². The van der Waals surface area contributed by atoms with Crippen molar-refractivity contribution in [3.8, 4) is 0 Å². The van der Waals surface area contributed by atoms with Gasteiger partial charge in [-0.3, -0.25) is 10.1 Å². The molecule has 0 radical (unpaired) electrons. The number of ether oxygens (including phenoxy) is 1. The fourth-order valence-corrected chi connectivity index (χ4v) is 2.05. The summed E-state index contributed by atoms with van der Waals surface area (Å²) in [6, 6.07) is 2.68. The van der Waals surface area contributed by atoms with Crippen molar-refractivity contribution in [2.75, 3.05) is 25.5 Å². The molecule has 19 heavy (non-hydrogen) atoms. The van der Waals surface area contributed by atoms with Gasteiger partial charge < -0.3 is 9.64 Å². The summed E-state index contributed by atoms with van der Waals surface area (Å²) in [4.78, 5) is 24.9. The van der Waals surface area contributed by atoms with Crippen LogP contribution in [-0.2, 0) is 11.8 Å². The van der Waals surface area contributed by atoms with Crippen LogP contribution in [0.2, 0.25) is 0 Å². The highest BCUT2D eigenvalue weighted by molar-refractivity contribution is 5.88. The number of piperidine rings is 1. The molecule has 1 aromatic heterocycles. The molecule has 0 aromatic carbocycles. The third kappa shape index (κ3) is 3.31. The minimum atomic E-state index is -0.209. The van der Waals surface area contributed by atoms with Crippen LogP contribution in [-0.4, -0.2) is 47.0 Å². The highest BCUT2D eigenvalue weighted by Gasteiger charge is 2.22. The summed E-state index contributed by atoms with van der Waals surface area (Å²) in [5.41, 5.74) is -0.209. The lowest BCUT2D eigenvalue weighted by Crippen LogP contribution is -2.43. The van der Waals surface area contributed by atoms with Gasteiger partial charge in [0.15, 0.2) is 5.82 Å². The first kappa shape index (κ1) is 13.5. The van der Waals surface area contributed by atoms with Crippen molar-refractivity contribution in [2.24, 2.45) is 7.05 Å². The first-order valence-corrected chi connectivity index (χ1v) is 6.23. The largest absolute Gasteiger partial charge is 0.381 e. The van der Waals surface area contributed by atoms with Crippen LogP contribution in [0, 0.1) is 0 Å². The maximum Gasteiger partial charge on any atom is 0.323 e. The van der Waals surface area contributed by atoms with E-state index in [1.54, 1.807) is 19.1 Å². The molecule has 0 atom stereocenters. The zero-order valence-electron chi connectivity index (χ0n) is 11.1. The van der Waals surface area contributed by atoms with Gasteiger partial charge in [-0.2, -0.15) is 5.10 Å². The lowest BCUT2D eigenvalue weighted by atomic mass is 10.1. The van der Waals surface area contributed by atoms with Crippen LogP contribution in [0.5, 0.6) is 0 Å². The summed E-state index contributed by atoms with van der Waals surface area (Å²) in [7, 11) is 3.23. The Kier molecular flexibility index (Phi) is 4.16. The average molecular weight is 266 g/mol. The smallest absolute Gasteiger partial charge is 0.323 e. The Morgan fingerprint density at radius 2 is 2.11 bits per heavy atom. The maximum atomic E-state index is 12.0. The third-order valence-electron chi connectivity index (χ3n) is 3.26.